The topological polar surface area (TPSA) is 78.9 Å². The molecule has 2 amide bonds. The van der Waals surface area contributed by atoms with Gasteiger partial charge in [0.1, 0.15) is 6.04 Å². The van der Waals surface area contributed by atoms with Crippen LogP contribution < -0.4 is 5.32 Å². The Morgan fingerprint density at radius 1 is 1.50 bits per heavy atom. The smallest absolute Gasteiger partial charge is 0.327 e. The van der Waals surface area contributed by atoms with Gasteiger partial charge in [-0.2, -0.15) is 0 Å². The van der Waals surface area contributed by atoms with Crippen LogP contribution in [0, 0.1) is 0 Å². The molecule has 0 aromatic carbocycles. The minimum Gasteiger partial charge on any atom is -0.480 e. The maximum atomic E-state index is 12.4. The number of amides is 2. The molecular weight excluding hydrogens is 280 g/mol. The van der Waals surface area contributed by atoms with Gasteiger partial charge in [0.25, 0.3) is 0 Å². The van der Waals surface area contributed by atoms with Gasteiger partial charge >= 0.3 is 12.0 Å². The summed E-state index contributed by atoms with van der Waals surface area (Å²) in [6, 6.07) is -1.03. The molecule has 4 unspecified atom stereocenters. The van der Waals surface area contributed by atoms with Crippen LogP contribution in [-0.4, -0.2) is 57.9 Å². The van der Waals surface area contributed by atoms with Crippen LogP contribution in [0.2, 0.25) is 0 Å². The highest BCUT2D eigenvalue weighted by Crippen LogP contribution is 2.32. The number of nitrogens with zero attached hydrogens (tertiary/aromatic N) is 1. The normalized spacial score (nSPS) is 33.4. The molecule has 0 saturated carbocycles. The third kappa shape index (κ3) is 3.20. The first kappa shape index (κ1) is 15.4. The van der Waals surface area contributed by atoms with Crippen LogP contribution in [0.15, 0.2) is 0 Å². The Labute approximate surface area is 123 Å². The predicted molar refractivity (Wildman–Crippen MR) is 76.8 cm³/mol. The van der Waals surface area contributed by atoms with E-state index in [4.69, 9.17) is 4.74 Å². The molecule has 2 heterocycles. The van der Waals surface area contributed by atoms with Gasteiger partial charge in [-0.05, 0) is 19.8 Å². The lowest BCUT2D eigenvalue weighted by Crippen LogP contribution is -2.53. The van der Waals surface area contributed by atoms with Crippen molar-refractivity contribution < 1.29 is 19.4 Å². The van der Waals surface area contributed by atoms with Gasteiger partial charge in [0.2, 0.25) is 0 Å². The van der Waals surface area contributed by atoms with Crippen molar-refractivity contribution in [3.8, 4) is 0 Å². The standard InChI is InChI=1S/C13H22N2O4S/c1-3-4-11-15(10(7-20-11)12(16)17)13(18)14-9-5-6-19-8(9)2/h8-11H,3-7H2,1-2H3,(H,14,18)(H,16,17). The molecule has 20 heavy (non-hydrogen) atoms. The van der Waals surface area contributed by atoms with Crippen molar-refractivity contribution in [1.29, 1.82) is 0 Å². The summed E-state index contributed by atoms with van der Waals surface area (Å²) in [7, 11) is 0. The van der Waals surface area contributed by atoms with Crippen molar-refractivity contribution in [2.75, 3.05) is 12.4 Å². The van der Waals surface area contributed by atoms with Gasteiger partial charge < -0.3 is 15.2 Å². The fraction of sp³-hybridized carbons (Fsp3) is 0.846. The van der Waals surface area contributed by atoms with Gasteiger partial charge in [0, 0.05) is 12.4 Å². The van der Waals surface area contributed by atoms with E-state index < -0.39 is 12.0 Å². The van der Waals surface area contributed by atoms with Gasteiger partial charge in [0.15, 0.2) is 0 Å². The number of nitrogens with one attached hydrogen (secondary N) is 1. The van der Waals surface area contributed by atoms with Crippen LogP contribution in [0.25, 0.3) is 0 Å². The number of ether oxygens (including phenoxy) is 1. The highest BCUT2D eigenvalue weighted by molar-refractivity contribution is 8.00. The second kappa shape index (κ2) is 6.67. The lowest BCUT2D eigenvalue weighted by Gasteiger charge is -2.29. The zero-order valence-corrected chi connectivity index (χ0v) is 12.7. The minimum absolute atomic E-state index is 0.0119. The van der Waals surface area contributed by atoms with Crippen LogP contribution in [-0.2, 0) is 9.53 Å². The van der Waals surface area contributed by atoms with Crippen LogP contribution in [0.1, 0.15) is 33.1 Å². The molecule has 114 valence electrons. The first-order valence-electron chi connectivity index (χ1n) is 7.09. The Bertz CT molecular complexity index is 379. The van der Waals surface area contributed by atoms with E-state index in [2.05, 4.69) is 5.32 Å². The molecule has 4 atom stereocenters. The first-order valence-corrected chi connectivity index (χ1v) is 8.14. The van der Waals surface area contributed by atoms with E-state index in [1.807, 2.05) is 13.8 Å². The molecule has 0 aliphatic carbocycles. The summed E-state index contributed by atoms with van der Waals surface area (Å²) in [5, 5.41) is 12.2. The Hall–Kier alpha value is -0.950. The number of carbonyl (C=O) groups is 2. The first-order chi connectivity index (χ1) is 9.54. The van der Waals surface area contributed by atoms with E-state index in [0.29, 0.717) is 12.4 Å². The predicted octanol–water partition coefficient (Wildman–Crippen LogP) is 1.50. The summed E-state index contributed by atoms with van der Waals surface area (Å²) >= 11 is 1.55. The zero-order valence-electron chi connectivity index (χ0n) is 11.9. The second-order valence-electron chi connectivity index (χ2n) is 5.26. The van der Waals surface area contributed by atoms with Crippen molar-refractivity contribution >= 4 is 23.8 Å². The molecule has 2 fully saturated rings. The van der Waals surface area contributed by atoms with Crippen molar-refractivity contribution in [2.24, 2.45) is 0 Å². The van der Waals surface area contributed by atoms with E-state index in [1.54, 1.807) is 11.8 Å². The summed E-state index contributed by atoms with van der Waals surface area (Å²) in [4.78, 5) is 25.2. The average molecular weight is 302 g/mol. The molecule has 2 aliphatic rings. The third-order valence-corrected chi connectivity index (χ3v) is 5.19. The molecule has 2 saturated heterocycles. The van der Waals surface area contributed by atoms with E-state index in [1.165, 1.54) is 4.90 Å². The van der Waals surface area contributed by atoms with E-state index in [0.717, 1.165) is 19.3 Å². The number of aliphatic carboxylic acids is 1. The average Bonchev–Trinajstić information content (AvgIpc) is 2.97. The zero-order chi connectivity index (χ0) is 14.7. The fourth-order valence-corrected chi connectivity index (χ4v) is 4.16. The Kier molecular flexibility index (Phi) is 5.15. The number of carbonyl (C=O) groups excluding carboxylic acids is 1. The molecule has 2 aliphatic heterocycles. The molecular formula is C13H22N2O4S. The summed E-state index contributed by atoms with van der Waals surface area (Å²) in [5.41, 5.74) is 0. The number of thioether (sulfide) groups is 1. The van der Waals surface area contributed by atoms with E-state index in [-0.39, 0.29) is 23.6 Å². The third-order valence-electron chi connectivity index (χ3n) is 3.83. The summed E-state index contributed by atoms with van der Waals surface area (Å²) < 4.78 is 5.42. The van der Waals surface area contributed by atoms with Crippen molar-refractivity contribution in [3.63, 3.8) is 0 Å². The Morgan fingerprint density at radius 3 is 2.80 bits per heavy atom. The molecule has 0 aromatic heterocycles. The van der Waals surface area contributed by atoms with Gasteiger partial charge in [0.05, 0.1) is 17.5 Å². The number of urea groups is 1. The monoisotopic (exact) mass is 302 g/mol. The maximum Gasteiger partial charge on any atom is 0.327 e. The molecule has 6 nitrogen and oxygen atoms in total. The van der Waals surface area contributed by atoms with E-state index in [9.17, 15) is 14.7 Å². The number of hydrogen-bond acceptors (Lipinski definition) is 4. The summed E-state index contributed by atoms with van der Waals surface area (Å²) in [5.74, 6) is -0.466. The lowest BCUT2D eigenvalue weighted by molar-refractivity contribution is -0.141. The quantitative estimate of drug-likeness (QED) is 0.823. The van der Waals surface area contributed by atoms with Gasteiger partial charge in [-0.15, -0.1) is 11.8 Å². The van der Waals surface area contributed by atoms with Crippen molar-refractivity contribution in [1.82, 2.24) is 10.2 Å². The largest absolute Gasteiger partial charge is 0.480 e. The van der Waals surface area contributed by atoms with Gasteiger partial charge in [-0.25, -0.2) is 9.59 Å². The molecule has 2 N–H and O–H groups in total. The summed E-state index contributed by atoms with van der Waals surface area (Å²) in [6.45, 7) is 4.61. The van der Waals surface area contributed by atoms with E-state index >= 15 is 0 Å². The highest BCUT2D eigenvalue weighted by Gasteiger charge is 2.42. The minimum atomic E-state index is -0.929. The number of carboxylic acids is 1. The molecule has 7 heteroatoms. The van der Waals surface area contributed by atoms with Crippen LogP contribution in [0.5, 0.6) is 0 Å². The van der Waals surface area contributed by atoms with Crippen LogP contribution in [0.3, 0.4) is 0 Å². The molecule has 0 aromatic rings. The lowest BCUT2D eigenvalue weighted by atomic mass is 10.1. The van der Waals surface area contributed by atoms with Crippen molar-refractivity contribution in [3.05, 3.63) is 0 Å². The maximum absolute atomic E-state index is 12.4. The molecule has 0 bridgehead atoms. The fourth-order valence-electron chi connectivity index (χ4n) is 2.65. The van der Waals surface area contributed by atoms with Crippen molar-refractivity contribution in [2.45, 2.75) is 56.7 Å². The molecule has 0 radical (unpaired) electrons. The number of carboxylic acid groups (broad SMARTS) is 1. The Balaban J connectivity index is 2.04. The van der Waals surface area contributed by atoms with Gasteiger partial charge in [-0.3, -0.25) is 4.90 Å². The Morgan fingerprint density at radius 2 is 2.25 bits per heavy atom. The molecule has 2 rings (SSSR count). The molecule has 0 spiro atoms. The number of hydrogen-bond donors (Lipinski definition) is 2. The van der Waals surface area contributed by atoms with Gasteiger partial charge in [-0.1, -0.05) is 13.3 Å². The number of rotatable bonds is 4. The van der Waals surface area contributed by atoms with Crippen LogP contribution >= 0.6 is 11.8 Å². The highest BCUT2D eigenvalue weighted by atomic mass is 32.2. The second-order valence-corrected chi connectivity index (χ2v) is 6.47. The SMILES string of the molecule is CCCC1SCC(C(=O)O)N1C(=O)NC1CCOC1C. The summed E-state index contributed by atoms with van der Waals surface area (Å²) in [6.07, 6.45) is 2.52. The van der Waals surface area contributed by atoms with Crippen LogP contribution in [0.4, 0.5) is 4.79 Å².